The summed E-state index contributed by atoms with van der Waals surface area (Å²) in [7, 11) is 0. The molecule has 0 aromatic carbocycles. The van der Waals surface area contributed by atoms with Gasteiger partial charge in [0.05, 0.1) is 0 Å². The third-order valence-corrected chi connectivity index (χ3v) is 1.10. The normalized spacial score (nSPS) is 9.50. The van der Waals surface area contributed by atoms with E-state index in [1.807, 2.05) is 0 Å². The first-order chi connectivity index (χ1) is 5.59. The second-order valence-corrected chi connectivity index (χ2v) is 2.27. The highest BCUT2D eigenvalue weighted by Gasteiger charge is 2.02. The third-order valence-electron chi connectivity index (χ3n) is 1.10. The maximum atomic E-state index is 11.0. The Morgan fingerprint density at radius 3 is 2.67 bits per heavy atom. The molecule has 0 saturated heterocycles. The molecule has 0 atom stereocenters. The predicted molar refractivity (Wildman–Crippen MR) is 41.7 cm³/mol. The minimum absolute atomic E-state index is 0.0758. The van der Waals surface area contributed by atoms with Crippen LogP contribution in [0, 0.1) is 6.92 Å². The summed E-state index contributed by atoms with van der Waals surface area (Å²) in [6.45, 7) is 2.90. The van der Waals surface area contributed by atoms with Crippen molar-refractivity contribution in [2.24, 2.45) is 0 Å². The van der Waals surface area contributed by atoms with Crippen molar-refractivity contribution in [3.63, 3.8) is 0 Å². The highest BCUT2D eigenvalue weighted by Crippen LogP contribution is 1.88. The number of nitrogens with zero attached hydrogens (tertiary/aromatic N) is 2. The number of carbonyl (C=O) groups excluding carboxylic acids is 1. The summed E-state index contributed by atoms with van der Waals surface area (Å²) in [5, 5.41) is 9.31. The summed E-state index contributed by atoms with van der Waals surface area (Å²) in [4.78, 5) is 23.9. The maximum absolute atomic E-state index is 11.0. The molecule has 0 fully saturated rings. The van der Waals surface area contributed by atoms with Crippen LogP contribution in [0.15, 0.2) is 4.79 Å². The Hall–Kier alpha value is -1.72. The number of amides is 1. The summed E-state index contributed by atoms with van der Waals surface area (Å²) in [5.74, 6) is -0.0131. The largest absolute Gasteiger partial charge is 0.306 e. The highest BCUT2D eigenvalue weighted by molar-refractivity contribution is 5.87. The van der Waals surface area contributed by atoms with E-state index in [-0.39, 0.29) is 11.7 Å². The van der Waals surface area contributed by atoms with Crippen LogP contribution in [0.25, 0.3) is 0 Å². The molecule has 0 aliphatic heterocycles. The van der Waals surface area contributed by atoms with Gasteiger partial charge in [0.2, 0.25) is 11.7 Å². The zero-order chi connectivity index (χ0) is 9.14. The monoisotopic (exact) mass is 168 g/mol. The molecule has 64 valence electrons. The lowest BCUT2D eigenvalue weighted by atomic mass is 10.6. The van der Waals surface area contributed by atoms with Crippen LogP contribution in [0.3, 0.4) is 0 Å². The lowest BCUT2D eigenvalue weighted by Crippen LogP contribution is -2.21. The molecule has 1 aromatic rings. The first-order valence-electron chi connectivity index (χ1n) is 3.31. The molecule has 2 N–H and O–H groups in total. The number of nitrogens with one attached hydrogen (secondary N) is 2. The van der Waals surface area contributed by atoms with Crippen molar-refractivity contribution in [2.75, 3.05) is 5.32 Å². The maximum Gasteiger partial charge on any atom is 0.294 e. The first kappa shape index (κ1) is 8.38. The number of carbonyl (C=O) groups is 1. The van der Waals surface area contributed by atoms with Gasteiger partial charge in [0.25, 0.3) is 5.56 Å². The van der Waals surface area contributed by atoms with Gasteiger partial charge in [0.15, 0.2) is 0 Å². The van der Waals surface area contributed by atoms with E-state index < -0.39 is 5.56 Å². The van der Waals surface area contributed by atoms with E-state index in [1.165, 1.54) is 6.92 Å². The van der Waals surface area contributed by atoms with E-state index >= 15 is 0 Å². The highest BCUT2D eigenvalue weighted by atomic mass is 16.2. The quantitative estimate of drug-likeness (QED) is 0.587. The molecule has 1 rings (SSSR count). The van der Waals surface area contributed by atoms with Crippen molar-refractivity contribution in [3.8, 4) is 0 Å². The van der Waals surface area contributed by atoms with Gasteiger partial charge in [0, 0.05) is 6.92 Å². The van der Waals surface area contributed by atoms with Gasteiger partial charge >= 0.3 is 0 Å². The Morgan fingerprint density at radius 2 is 2.17 bits per heavy atom. The Balaban J connectivity index is 3.02. The van der Waals surface area contributed by atoms with Crippen LogP contribution in [0.5, 0.6) is 0 Å². The van der Waals surface area contributed by atoms with Gasteiger partial charge in [-0.25, -0.2) is 0 Å². The number of H-pyrrole nitrogens is 1. The third kappa shape index (κ3) is 1.88. The molecule has 0 aliphatic rings. The zero-order valence-electron chi connectivity index (χ0n) is 6.71. The lowest BCUT2D eigenvalue weighted by molar-refractivity contribution is -0.114. The van der Waals surface area contributed by atoms with Crippen LogP contribution < -0.4 is 10.9 Å². The Kier molecular flexibility index (Phi) is 2.18. The summed E-state index contributed by atoms with van der Waals surface area (Å²) in [6, 6.07) is 0. The summed E-state index contributed by atoms with van der Waals surface area (Å²) in [5.41, 5.74) is -0.447. The standard InChI is InChI=1S/C6H8N4O2/c1-3-7-6(12)5(10-9-3)8-4(2)11/h1-2H3,(H,7,9,12)(H,8,10,11). The van der Waals surface area contributed by atoms with Crippen molar-refractivity contribution < 1.29 is 4.79 Å². The minimum Gasteiger partial charge on any atom is -0.306 e. The number of aromatic nitrogens is 3. The molecule has 0 spiro atoms. The molecule has 0 bridgehead atoms. The first-order valence-corrected chi connectivity index (χ1v) is 3.31. The van der Waals surface area contributed by atoms with E-state index in [0.717, 1.165) is 0 Å². The number of aromatic amines is 1. The molecule has 6 nitrogen and oxygen atoms in total. The van der Waals surface area contributed by atoms with Gasteiger partial charge in [-0.2, -0.15) is 0 Å². The number of aryl methyl sites for hydroxylation is 1. The van der Waals surface area contributed by atoms with E-state index in [4.69, 9.17) is 0 Å². The zero-order valence-corrected chi connectivity index (χ0v) is 6.71. The van der Waals surface area contributed by atoms with Gasteiger partial charge in [-0.15, -0.1) is 10.2 Å². The van der Waals surface area contributed by atoms with Crippen LogP contribution in [-0.4, -0.2) is 21.1 Å². The molecule has 6 heteroatoms. The molecule has 1 aromatic heterocycles. The predicted octanol–water partition coefficient (Wildman–Crippen LogP) is -0.568. The minimum atomic E-state index is -0.447. The van der Waals surface area contributed by atoms with Crippen molar-refractivity contribution in [2.45, 2.75) is 13.8 Å². The summed E-state index contributed by atoms with van der Waals surface area (Å²) in [6.07, 6.45) is 0. The van der Waals surface area contributed by atoms with Crippen molar-refractivity contribution in [1.82, 2.24) is 15.2 Å². The van der Waals surface area contributed by atoms with E-state index in [2.05, 4.69) is 20.5 Å². The number of hydrogen-bond acceptors (Lipinski definition) is 4. The number of rotatable bonds is 1. The van der Waals surface area contributed by atoms with E-state index in [0.29, 0.717) is 5.82 Å². The average Bonchev–Trinajstić information content (AvgIpc) is 1.94. The van der Waals surface area contributed by atoms with Gasteiger partial charge in [0.1, 0.15) is 5.82 Å². The van der Waals surface area contributed by atoms with Gasteiger partial charge in [-0.05, 0) is 6.92 Å². The van der Waals surface area contributed by atoms with Crippen LogP contribution in [0.2, 0.25) is 0 Å². The molecule has 1 heterocycles. The fourth-order valence-electron chi connectivity index (χ4n) is 0.667. The van der Waals surface area contributed by atoms with Crippen molar-refractivity contribution in [1.29, 1.82) is 0 Å². The molecule has 1 amide bonds. The molecular weight excluding hydrogens is 160 g/mol. The fourth-order valence-corrected chi connectivity index (χ4v) is 0.667. The van der Waals surface area contributed by atoms with Crippen LogP contribution >= 0.6 is 0 Å². The topological polar surface area (TPSA) is 87.7 Å². The fraction of sp³-hybridized carbons (Fsp3) is 0.333. The molecule has 12 heavy (non-hydrogen) atoms. The second kappa shape index (κ2) is 3.12. The Morgan fingerprint density at radius 1 is 1.50 bits per heavy atom. The van der Waals surface area contributed by atoms with Gasteiger partial charge < -0.3 is 10.3 Å². The number of anilines is 1. The SMILES string of the molecule is CC(=O)Nc1nnc(C)[nH]c1=O. The van der Waals surface area contributed by atoms with Crippen LogP contribution in [0.1, 0.15) is 12.7 Å². The molecule has 0 aliphatic carbocycles. The average molecular weight is 168 g/mol. The molecule has 0 saturated carbocycles. The smallest absolute Gasteiger partial charge is 0.294 e. The van der Waals surface area contributed by atoms with Crippen LogP contribution in [-0.2, 0) is 4.79 Å². The Bertz CT molecular complexity index is 357. The molecule has 0 radical (unpaired) electrons. The summed E-state index contributed by atoms with van der Waals surface area (Å²) >= 11 is 0. The second-order valence-electron chi connectivity index (χ2n) is 2.27. The molecule has 0 unspecified atom stereocenters. The van der Waals surface area contributed by atoms with Gasteiger partial charge in [-0.1, -0.05) is 0 Å². The van der Waals surface area contributed by atoms with Crippen molar-refractivity contribution >= 4 is 11.7 Å². The summed E-state index contributed by atoms with van der Waals surface area (Å²) < 4.78 is 0. The lowest BCUT2D eigenvalue weighted by Gasteiger charge is -1.97. The van der Waals surface area contributed by atoms with E-state index in [9.17, 15) is 9.59 Å². The van der Waals surface area contributed by atoms with Gasteiger partial charge in [-0.3, -0.25) is 9.59 Å². The number of hydrogen-bond donors (Lipinski definition) is 2. The van der Waals surface area contributed by atoms with E-state index in [1.54, 1.807) is 6.92 Å². The van der Waals surface area contributed by atoms with Crippen molar-refractivity contribution in [3.05, 3.63) is 16.2 Å². The van der Waals surface area contributed by atoms with Crippen LogP contribution in [0.4, 0.5) is 5.82 Å². The molecular formula is C6H8N4O2. The Labute approximate surface area is 68.0 Å².